The van der Waals surface area contributed by atoms with E-state index in [4.69, 9.17) is 0 Å². The molecular weight excluding hydrogens is 382 g/mol. The maximum absolute atomic E-state index is 13.4. The minimum Gasteiger partial charge on any atom is -0.347 e. The topological polar surface area (TPSA) is 28.5 Å². The van der Waals surface area contributed by atoms with Gasteiger partial charge in [0.2, 0.25) is 0 Å². The largest absolute Gasteiger partial charge is 0.347 e. The number of carbonyl (C=O) groups excluding carboxylic acids is 1. The number of para-hydroxylation sites is 1. The van der Waals surface area contributed by atoms with Crippen molar-refractivity contribution in [2.24, 2.45) is 7.05 Å². The number of amides is 1. The second-order valence-electron chi connectivity index (χ2n) is 8.14. The van der Waals surface area contributed by atoms with E-state index >= 15 is 0 Å². The maximum Gasteiger partial charge on any atom is 0.256 e. The molecular formula is C24H28ClN3O. The van der Waals surface area contributed by atoms with Crippen LogP contribution >= 0.6 is 12.4 Å². The fourth-order valence-corrected chi connectivity index (χ4v) is 5.03. The molecule has 0 aliphatic carbocycles. The van der Waals surface area contributed by atoms with Crippen molar-refractivity contribution in [3.05, 3.63) is 71.4 Å². The van der Waals surface area contributed by atoms with Crippen LogP contribution in [-0.4, -0.2) is 46.0 Å². The molecule has 5 rings (SSSR count). The fraction of sp³-hybridized carbons (Fsp3) is 0.375. The Balaban J connectivity index is 0.00000205. The highest BCUT2D eigenvalue weighted by molar-refractivity contribution is 6.09. The quantitative estimate of drug-likeness (QED) is 0.646. The lowest BCUT2D eigenvalue weighted by Gasteiger charge is -2.40. The molecule has 4 nitrogen and oxygen atoms in total. The number of likely N-dealkylation sites (tertiary alicyclic amines) is 1. The van der Waals surface area contributed by atoms with Gasteiger partial charge in [-0.1, -0.05) is 48.5 Å². The molecule has 0 N–H and O–H groups in total. The normalized spacial score (nSPS) is 18.0. The van der Waals surface area contributed by atoms with Crippen LogP contribution in [0, 0.1) is 0 Å². The van der Waals surface area contributed by atoms with Gasteiger partial charge in [0, 0.05) is 62.3 Å². The molecule has 1 aromatic heterocycles. The van der Waals surface area contributed by atoms with Gasteiger partial charge in [0.15, 0.2) is 0 Å². The van der Waals surface area contributed by atoms with Crippen LogP contribution in [0.5, 0.6) is 0 Å². The van der Waals surface area contributed by atoms with E-state index in [0.717, 1.165) is 56.4 Å². The van der Waals surface area contributed by atoms with Gasteiger partial charge in [-0.15, -0.1) is 12.4 Å². The number of aryl methyl sites for hydroxylation is 1. The predicted octanol–water partition coefficient (Wildman–Crippen LogP) is 4.26. The van der Waals surface area contributed by atoms with E-state index in [1.54, 1.807) is 0 Å². The van der Waals surface area contributed by atoms with Gasteiger partial charge in [0.1, 0.15) is 0 Å². The van der Waals surface area contributed by atoms with E-state index in [1.165, 1.54) is 16.8 Å². The number of piperidine rings is 1. The summed E-state index contributed by atoms with van der Waals surface area (Å²) < 4.78 is 2.21. The Morgan fingerprint density at radius 1 is 0.931 bits per heavy atom. The summed E-state index contributed by atoms with van der Waals surface area (Å²) in [7, 11) is 2.09. The smallest absolute Gasteiger partial charge is 0.256 e. The van der Waals surface area contributed by atoms with Gasteiger partial charge in [-0.3, -0.25) is 9.69 Å². The highest BCUT2D eigenvalue weighted by atomic mass is 35.5. The summed E-state index contributed by atoms with van der Waals surface area (Å²) in [6.45, 7) is 3.98. The van der Waals surface area contributed by atoms with E-state index in [9.17, 15) is 4.79 Å². The molecule has 0 unspecified atom stereocenters. The van der Waals surface area contributed by atoms with E-state index in [0.29, 0.717) is 6.04 Å². The molecule has 1 amide bonds. The molecule has 0 atom stereocenters. The van der Waals surface area contributed by atoms with Crippen LogP contribution in [-0.2, 0) is 20.0 Å². The monoisotopic (exact) mass is 409 g/mol. The van der Waals surface area contributed by atoms with Crippen molar-refractivity contribution < 1.29 is 4.79 Å². The standard InChI is InChI=1S/C24H27N3O.ClH/c1-25-21-10-6-5-9-20(21)23-22(25)13-16-27(24(23)28)19-11-14-26(15-12-19)17-18-7-3-2-4-8-18;/h2-10,19H,11-17H2,1H3;1H. The first-order chi connectivity index (χ1) is 13.7. The van der Waals surface area contributed by atoms with Gasteiger partial charge in [-0.05, 0) is 24.5 Å². The minimum atomic E-state index is 0. The second kappa shape index (κ2) is 8.21. The summed E-state index contributed by atoms with van der Waals surface area (Å²) in [4.78, 5) is 18.1. The van der Waals surface area contributed by atoms with E-state index in [-0.39, 0.29) is 18.3 Å². The number of fused-ring (bicyclic) bond motifs is 3. The summed E-state index contributed by atoms with van der Waals surface area (Å²) in [5.74, 6) is 0.236. The van der Waals surface area contributed by atoms with Gasteiger partial charge in [0.05, 0.1) is 5.56 Å². The van der Waals surface area contributed by atoms with Gasteiger partial charge in [0.25, 0.3) is 5.91 Å². The molecule has 0 bridgehead atoms. The van der Waals surface area contributed by atoms with Crippen LogP contribution in [0.25, 0.3) is 10.9 Å². The van der Waals surface area contributed by atoms with Crippen LogP contribution in [0.15, 0.2) is 54.6 Å². The average Bonchev–Trinajstić information content (AvgIpc) is 3.03. The van der Waals surface area contributed by atoms with E-state index in [1.807, 2.05) is 6.07 Å². The third kappa shape index (κ3) is 3.56. The van der Waals surface area contributed by atoms with Crippen molar-refractivity contribution in [1.82, 2.24) is 14.4 Å². The molecule has 2 aromatic carbocycles. The molecule has 1 fully saturated rings. The maximum atomic E-state index is 13.4. The van der Waals surface area contributed by atoms with Crippen molar-refractivity contribution in [2.45, 2.75) is 31.8 Å². The van der Waals surface area contributed by atoms with Crippen molar-refractivity contribution in [2.75, 3.05) is 19.6 Å². The summed E-state index contributed by atoms with van der Waals surface area (Å²) in [5, 5.41) is 1.11. The summed E-state index contributed by atoms with van der Waals surface area (Å²) >= 11 is 0. The number of nitrogens with zero attached hydrogens (tertiary/aromatic N) is 3. The van der Waals surface area contributed by atoms with E-state index in [2.05, 4.69) is 69.9 Å². The number of rotatable bonds is 3. The Labute approximate surface area is 178 Å². The number of hydrogen-bond acceptors (Lipinski definition) is 2. The average molecular weight is 410 g/mol. The molecule has 29 heavy (non-hydrogen) atoms. The van der Waals surface area contributed by atoms with Crippen molar-refractivity contribution in [3.63, 3.8) is 0 Å². The van der Waals surface area contributed by atoms with Gasteiger partial charge in [-0.25, -0.2) is 0 Å². The first-order valence-electron chi connectivity index (χ1n) is 10.4. The van der Waals surface area contributed by atoms with Crippen LogP contribution in [0.4, 0.5) is 0 Å². The third-order valence-corrected chi connectivity index (χ3v) is 6.54. The zero-order chi connectivity index (χ0) is 19.1. The molecule has 0 spiro atoms. The molecule has 152 valence electrons. The lowest BCUT2D eigenvalue weighted by Crippen LogP contribution is -2.49. The number of carbonyl (C=O) groups is 1. The third-order valence-electron chi connectivity index (χ3n) is 6.54. The molecule has 2 aliphatic rings. The lowest BCUT2D eigenvalue weighted by atomic mass is 9.97. The van der Waals surface area contributed by atoms with Crippen LogP contribution in [0.2, 0.25) is 0 Å². The predicted molar refractivity (Wildman–Crippen MR) is 120 cm³/mol. The number of aromatic nitrogens is 1. The zero-order valence-electron chi connectivity index (χ0n) is 16.9. The van der Waals surface area contributed by atoms with Gasteiger partial charge in [-0.2, -0.15) is 0 Å². The Hall–Kier alpha value is -2.30. The fourth-order valence-electron chi connectivity index (χ4n) is 5.03. The summed E-state index contributed by atoms with van der Waals surface area (Å²) in [5.41, 5.74) is 4.68. The molecule has 0 saturated carbocycles. The highest BCUT2D eigenvalue weighted by Crippen LogP contribution is 2.32. The molecule has 3 heterocycles. The SMILES string of the molecule is Cl.Cn1c2c(c3ccccc31)C(=O)N(C1CCN(Cc3ccccc3)CC1)CC2. The Bertz CT molecular complexity index is 1010. The van der Waals surface area contributed by atoms with Crippen molar-refractivity contribution in [3.8, 4) is 0 Å². The van der Waals surface area contributed by atoms with Crippen LogP contribution in [0.1, 0.15) is 34.5 Å². The van der Waals surface area contributed by atoms with Crippen LogP contribution < -0.4 is 0 Å². The Morgan fingerprint density at radius 2 is 1.62 bits per heavy atom. The van der Waals surface area contributed by atoms with Gasteiger partial charge < -0.3 is 9.47 Å². The highest BCUT2D eigenvalue weighted by Gasteiger charge is 2.35. The van der Waals surface area contributed by atoms with Gasteiger partial charge >= 0.3 is 0 Å². The number of halogens is 1. The second-order valence-corrected chi connectivity index (χ2v) is 8.14. The molecule has 5 heteroatoms. The van der Waals surface area contributed by atoms with Crippen molar-refractivity contribution >= 4 is 29.2 Å². The van der Waals surface area contributed by atoms with Crippen molar-refractivity contribution in [1.29, 1.82) is 0 Å². The molecule has 3 aromatic rings. The lowest BCUT2D eigenvalue weighted by molar-refractivity contribution is 0.0546. The molecule has 1 saturated heterocycles. The van der Waals surface area contributed by atoms with Crippen LogP contribution in [0.3, 0.4) is 0 Å². The summed E-state index contributed by atoms with van der Waals surface area (Å²) in [6, 6.07) is 19.4. The number of hydrogen-bond donors (Lipinski definition) is 0. The Kier molecular flexibility index (Phi) is 5.66. The Morgan fingerprint density at radius 3 is 2.38 bits per heavy atom. The minimum absolute atomic E-state index is 0. The molecule has 0 radical (unpaired) electrons. The number of benzene rings is 2. The van der Waals surface area contributed by atoms with E-state index < -0.39 is 0 Å². The first kappa shape index (κ1) is 20.0. The molecule has 2 aliphatic heterocycles. The first-order valence-corrected chi connectivity index (χ1v) is 10.4. The summed E-state index contributed by atoms with van der Waals surface area (Å²) in [6.07, 6.45) is 3.09. The zero-order valence-corrected chi connectivity index (χ0v) is 17.7.